The number of allylic oxidation sites excluding steroid dienone is 1. The summed E-state index contributed by atoms with van der Waals surface area (Å²) >= 11 is 0. The summed E-state index contributed by atoms with van der Waals surface area (Å²) in [6.07, 6.45) is 17.3. The molecule has 5 aliphatic carbocycles. The molecule has 0 amide bonds. The fraction of sp³-hybridized carbons (Fsp3) is 0.900. The highest BCUT2D eigenvalue weighted by molar-refractivity contribution is 5.77. The van der Waals surface area contributed by atoms with Crippen molar-refractivity contribution in [1.82, 2.24) is 0 Å². The van der Waals surface area contributed by atoms with Crippen LogP contribution in [0.2, 0.25) is 0 Å². The molecule has 0 spiro atoms. The van der Waals surface area contributed by atoms with Crippen molar-refractivity contribution in [2.45, 2.75) is 113 Å². The summed E-state index contributed by atoms with van der Waals surface area (Å²) in [4.78, 5) is 12.4. The molecule has 0 heterocycles. The van der Waals surface area contributed by atoms with Crippen molar-refractivity contribution in [3.05, 3.63) is 12.2 Å². The molecule has 32 heavy (non-hydrogen) atoms. The van der Waals surface area contributed by atoms with E-state index in [1.807, 2.05) is 13.0 Å². The maximum absolute atomic E-state index is 12.4. The lowest BCUT2D eigenvalue weighted by Crippen LogP contribution is -2.66. The molecule has 0 aromatic rings. The Morgan fingerprint density at radius 2 is 1.47 bits per heavy atom. The predicted octanol–water partition coefficient (Wildman–Crippen LogP) is 8.12. The van der Waals surface area contributed by atoms with E-state index in [2.05, 4.69) is 47.6 Å². The number of rotatable bonds is 1. The summed E-state index contributed by atoms with van der Waals surface area (Å²) in [5, 5.41) is 10.2. The molecule has 2 heteroatoms. The largest absolute Gasteiger partial charge is 0.481 e. The zero-order chi connectivity index (χ0) is 23.4. The smallest absolute Gasteiger partial charge is 0.313 e. The summed E-state index contributed by atoms with van der Waals surface area (Å²) in [6, 6.07) is 0. The Hall–Kier alpha value is -0.790. The first-order valence-electron chi connectivity index (χ1n) is 13.6. The van der Waals surface area contributed by atoms with E-state index in [-0.39, 0.29) is 11.3 Å². The van der Waals surface area contributed by atoms with E-state index < -0.39 is 11.4 Å². The van der Waals surface area contributed by atoms with Gasteiger partial charge in [0.25, 0.3) is 0 Å². The van der Waals surface area contributed by atoms with E-state index in [0.29, 0.717) is 27.6 Å². The Morgan fingerprint density at radius 3 is 2.16 bits per heavy atom. The van der Waals surface area contributed by atoms with Crippen molar-refractivity contribution >= 4 is 5.97 Å². The molecule has 2 unspecified atom stereocenters. The van der Waals surface area contributed by atoms with Gasteiger partial charge in [-0.15, -0.1) is 0 Å². The third-order valence-corrected chi connectivity index (χ3v) is 13.2. The van der Waals surface area contributed by atoms with E-state index in [1.54, 1.807) is 0 Å². The predicted molar refractivity (Wildman–Crippen MR) is 131 cm³/mol. The molecule has 2 nitrogen and oxygen atoms in total. The third kappa shape index (κ3) is 2.73. The van der Waals surface area contributed by atoms with Gasteiger partial charge in [-0.1, -0.05) is 53.7 Å². The van der Waals surface area contributed by atoms with Crippen molar-refractivity contribution in [2.24, 2.45) is 56.2 Å². The first-order valence-corrected chi connectivity index (χ1v) is 13.6. The van der Waals surface area contributed by atoms with Crippen LogP contribution in [0.1, 0.15) is 113 Å². The van der Waals surface area contributed by atoms with Crippen molar-refractivity contribution in [3.63, 3.8) is 0 Å². The Bertz CT molecular complexity index is 842. The molecular formula is C30H48O2. The molecule has 0 aliphatic heterocycles. The third-order valence-electron chi connectivity index (χ3n) is 13.2. The first kappa shape index (κ1) is 23.0. The van der Waals surface area contributed by atoms with Gasteiger partial charge in [-0.05, 0) is 122 Å². The minimum atomic E-state index is -0.704. The van der Waals surface area contributed by atoms with Gasteiger partial charge >= 0.3 is 5.97 Å². The standard InChI is InChI=1S/C30H48O2/c1-25(2)15-16-26(3)17-18-29(6)20(21(26)19-25)9-10-23-27(4)12-8-13-28(5,24(31)32)22(27)11-14-30(23,29)7/h8,13,20-23H,9-12,14-19H2,1-7H3,(H,31,32)/t20-,21-,22?,23-,26-,27+,28?,29-,30-/m1/s1. The number of hydrogen-bond donors (Lipinski definition) is 1. The van der Waals surface area contributed by atoms with Gasteiger partial charge in [-0.2, -0.15) is 0 Å². The highest BCUT2D eigenvalue weighted by atomic mass is 16.4. The molecule has 1 N–H and O–H groups in total. The fourth-order valence-electron chi connectivity index (χ4n) is 10.9. The van der Waals surface area contributed by atoms with E-state index >= 15 is 0 Å². The van der Waals surface area contributed by atoms with Crippen LogP contribution in [0.3, 0.4) is 0 Å². The Labute approximate surface area is 197 Å². The second-order valence-electron chi connectivity index (χ2n) is 15.0. The van der Waals surface area contributed by atoms with Crippen LogP contribution >= 0.6 is 0 Å². The van der Waals surface area contributed by atoms with Gasteiger partial charge in [-0.25, -0.2) is 0 Å². The highest BCUT2D eigenvalue weighted by Gasteiger charge is 2.69. The number of carboxylic acid groups (broad SMARTS) is 1. The van der Waals surface area contributed by atoms with E-state index in [0.717, 1.165) is 24.7 Å². The molecule has 4 fully saturated rings. The quantitative estimate of drug-likeness (QED) is 0.418. The zero-order valence-electron chi connectivity index (χ0n) is 21.9. The average Bonchev–Trinajstić information content (AvgIpc) is 2.69. The van der Waals surface area contributed by atoms with Gasteiger partial charge in [-0.3, -0.25) is 4.79 Å². The topological polar surface area (TPSA) is 37.3 Å². The van der Waals surface area contributed by atoms with Crippen molar-refractivity contribution in [1.29, 1.82) is 0 Å². The molecule has 180 valence electrons. The van der Waals surface area contributed by atoms with Gasteiger partial charge in [0.05, 0.1) is 5.41 Å². The molecule has 5 rings (SSSR count). The van der Waals surface area contributed by atoms with Crippen LogP contribution in [-0.4, -0.2) is 11.1 Å². The lowest BCUT2D eigenvalue weighted by Gasteiger charge is -2.72. The van der Waals surface area contributed by atoms with Crippen molar-refractivity contribution < 1.29 is 9.90 Å². The Morgan fingerprint density at radius 1 is 0.781 bits per heavy atom. The minimum Gasteiger partial charge on any atom is -0.481 e. The molecular weight excluding hydrogens is 392 g/mol. The maximum Gasteiger partial charge on any atom is 0.313 e. The van der Waals surface area contributed by atoms with Gasteiger partial charge < -0.3 is 5.11 Å². The monoisotopic (exact) mass is 440 g/mol. The molecule has 0 bridgehead atoms. The molecule has 4 saturated carbocycles. The van der Waals surface area contributed by atoms with Crippen molar-refractivity contribution in [2.75, 3.05) is 0 Å². The summed E-state index contributed by atoms with van der Waals surface area (Å²) in [7, 11) is 0. The summed E-state index contributed by atoms with van der Waals surface area (Å²) in [5.41, 5.74) is 1.15. The molecule has 9 atom stereocenters. The molecule has 0 aromatic heterocycles. The van der Waals surface area contributed by atoms with Crippen LogP contribution in [0.25, 0.3) is 0 Å². The zero-order valence-corrected chi connectivity index (χ0v) is 21.9. The maximum atomic E-state index is 12.4. The summed E-state index contributed by atoms with van der Waals surface area (Å²) in [5.74, 6) is 1.99. The van der Waals surface area contributed by atoms with Crippen LogP contribution in [0.5, 0.6) is 0 Å². The van der Waals surface area contributed by atoms with E-state index in [9.17, 15) is 9.90 Å². The van der Waals surface area contributed by atoms with Crippen LogP contribution in [0.4, 0.5) is 0 Å². The van der Waals surface area contributed by atoms with Crippen molar-refractivity contribution in [3.8, 4) is 0 Å². The van der Waals surface area contributed by atoms with E-state index in [1.165, 1.54) is 51.4 Å². The Balaban J connectivity index is 1.54. The average molecular weight is 441 g/mol. The second kappa shape index (κ2) is 6.66. The van der Waals surface area contributed by atoms with Crippen LogP contribution < -0.4 is 0 Å². The molecule has 0 radical (unpaired) electrons. The number of carbonyl (C=O) groups is 1. The SMILES string of the molecule is CC1(C)CC[C@]2(C)CC[C@]3(C)[C@H](CC[C@@H]4[C@@]5(C)CC=CC(C)(C(=O)O)C5CC[C@]43C)[C@H]2C1. The van der Waals surface area contributed by atoms with Crippen LogP contribution in [0, 0.1) is 56.2 Å². The number of carboxylic acids is 1. The summed E-state index contributed by atoms with van der Waals surface area (Å²) in [6.45, 7) is 17.5. The van der Waals surface area contributed by atoms with Crippen LogP contribution in [-0.2, 0) is 4.79 Å². The lowest BCUT2D eigenvalue weighted by atomic mass is 9.32. The second-order valence-corrected chi connectivity index (χ2v) is 15.0. The number of aliphatic carboxylic acids is 1. The van der Waals surface area contributed by atoms with Gasteiger partial charge in [0.1, 0.15) is 0 Å². The first-order chi connectivity index (χ1) is 14.7. The minimum absolute atomic E-state index is 0.107. The van der Waals surface area contributed by atoms with E-state index in [4.69, 9.17) is 0 Å². The van der Waals surface area contributed by atoms with Gasteiger partial charge in [0.2, 0.25) is 0 Å². The highest BCUT2D eigenvalue weighted by Crippen LogP contribution is 2.76. The fourth-order valence-corrected chi connectivity index (χ4v) is 10.9. The Kier molecular flexibility index (Phi) is 4.78. The molecule has 5 aliphatic rings. The van der Waals surface area contributed by atoms with Gasteiger partial charge in [0.15, 0.2) is 0 Å². The normalized spacial score (nSPS) is 56.3. The summed E-state index contributed by atoms with van der Waals surface area (Å²) < 4.78 is 0. The molecule has 0 saturated heterocycles. The van der Waals surface area contributed by atoms with Gasteiger partial charge in [0, 0.05) is 0 Å². The number of hydrogen-bond acceptors (Lipinski definition) is 1. The number of fused-ring (bicyclic) bond motifs is 7. The van der Waals surface area contributed by atoms with Crippen LogP contribution in [0.15, 0.2) is 12.2 Å². The molecule has 0 aromatic carbocycles. The lowest BCUT2D eigenvalue weighted by molar-refractivity contribution is -0.236.